The standard InChI is InChI=1S/C69H46N4S/c70-68(72-69(53-36-34-50(35-37-53)47-20-6-1-7-21-47)71-45-46-40-54(48-22-8-2-9-23-48)42-55(41-46)49-24-10-3-11-25-49)56-43-60(51-26-12-4-13-27-51)66(61(44-56)52-28-14-5-15-29-52)73-62-32-18-16-31-59(62)65-63(73)39-38-58-57-30-17-19-33-64(57)74-67(58)65/h1-45,70H. The lowest BCUT2D eigenvalue weighted by Crippen LogP contribution is -2.07. The highest BCUT2D eigenvalue weighted by Gasteiger charge is 2.24. The van der Waals surface area contributed by atoms with E-state index in [1.807, 2.05) is 35.8 Å². The highest BCUT2D eigenvalue weighted by atomic mass is 32.1. The molecule has 0 saturated heterocycles. The van der Waals surface area contributed by atoms with Crippen molar-refractivity contribution in [3.8, 4) is 61.3 Å². The Labute approximate surface area is 433 Å². The fraction of sp³-hybridized carbons (Fsp3) is 0. The zero-order chi connectivity index (χ0) is 49.4. The molecule has 1 N–H and O–H groups in total. The Bertz CT molecular complexity index is 4150. The van der Waals surface area contributed by atoms with Crippen LogP contribution in [0.15, 0.2) is 277 Å². The third kappa shape index (κ3) is 8.31. The van der Waals surface area contributed by atoms with Gasteiger partial charge < -0.3 is 4.57 Å². The van der Waals surface area contributed by atoms with Gasteiger partial charge in [-0.25, -0.2) is 9.98 Å². The average molecular weight is 963 g/mol. The van der Waals surface area contributed by atoms with Gasteiger partial charge in [-0.2, -0.15) is 0 Å². The van der Waals surface area contributed by atoms with E-state index in [4.69, 9.17) is 9.98 Å². The van der Waals surface area contributed by atoms with Crippen molar-refractivity contribution in [2.24, 2.45) is 9.98 Å². The maximum atomic E-state index is 10.1. The maximum Gasteiger partial charge on any atom is 0.161 e. The minimum Gasteiger partial charge on any atom is -0.308 e. The molecule has 0 radical (unpaired) electrons. The van der Waals surface area contributed by atoms with E-state index in [0.717, 1.165) is 83.5 Å². The van der Waals surface area contributed by atoms with E-state index < -0.39 is 0 Å². The fourth-order valence-electron chi connectivity index (χ4n) is 10.4. The van der Waals surface area contributed by atoms with Crippen LogP contribution in [-0.2, 0) is 0 Å². The van der Waals surface area contributed by atoms with Crippen LogP contribution in [0.2, 0.25) is 0 Å². The first kappa shape index (κ1) is 44.4. The number of aliphatic imine (C=N–C) groups is 2. The van der Waals surface area contributed by atoms with Crippen molar-refractivity contribution < 1.29 is 0 Å². The molecule has 0 saturated carbocycles. The van der Waals surface area contributed by atoms with Crippen molar-refractivity contribution >= 4 is 71.2 Å². The number of amidine groups is 2. The van der Waals surface area contributed by atoms with Crippen molar-refractivity contribution in [3.63, 3.8) is 0 Å². The summed E-state index contributed by atoms with van der Waals surface area (Å²) in [5, 5.41) is 15.0. The van der Waals surface area contributed by atoms with E-state index >= 15 is 0 Å². The van der Waals surface area contributed by atoms with E-state index in [0.29, 0.717) is 11.4 Å². The SMILES string of the molecule is N=C(N=C(N=Cc1cc(-c2ccccc2)cc(-c2ccccc2)c1)c1ccc(-c2ccccc2)cc1)c1cc(-c2ccccc2)c(-n2c3ccccc3c3c4sc5ccccc5c4ccc32)c(-c2ccccc2)c1. The van der Waals surface area contributed by atoms with Crippen LogP contribution in [0.4, 0.5) is 0 Å². The zero-order valence-corrected chi connectivity index (χ0v) is 41.0. The number of hydrogen-bond acceptors (Lipinski definition) is 2. The highest BCUT2D eigenvalue weighted by molar-refractivity contribution is 7.26. The largest absolute Gasteiger partial charge is 0.308 e. The van der Waals surface area contributed by atoms with Gasteiger partial charge in [0, 0.05) is 59.4 Å². The van der Waals surface area contributed by atoms with Crippen molar-refractivity contribution in [2.45, 2.75) is 0 Å². The minimum atomic E-state index is 0.0995. The van der Waals surface area contributed by atoms with Crippen LogP contribution in [0.5, 0.6) is 0 Å². The average Bonchev–Trinajstić information content (AvgIpc) is 4.03. The number of nitrogens with one attached hydrogen (secondary N) is 1. The number of nitrogens with zero attached hydrogens (tertiary/aromatic N) is 3. The first-order valence-corrected chi connectivity index (χ1v) is 25.7. The molecule has 0 aliphatic rings. The van der Waals surface area contributed by atoms with Crippen molar-refractivity contribution in [3.05, 3.63) is 284 Å². The molecule has 4 nitrogen and oxygen atoms in total. The first-order chi connectivity index (χ1) is 36.6. The third-order valence-electron chi connectivity index (χ3n) is 13.9. The topological polar surface area (TPSA) is 53.5 Å². The van der Waals surface area contributed by atoms with Crippen molar-refractivity contribution in [1.82, 2.24) is 4.57 Å². The summed E-state index contributed by atoms with van der Waals surface area (Å²) < 4.78 is 5.01. The molecule has 2 heterocycles. The summed E-state index contributed by atoms with van der Waals surface area (Å²) in [6, 6.07) is 93.7. The molecule has 348 valence electrons. The lowest BCUT2D eigenvalue weighted by atomic mass is 9.92. The Hall–Kier alpha value is -9.55. The molecule has 0 unspecified atom stereocenters. The van der Waals surface area contributed by atoms with Gasteiger partial charge in [0.05, 0.1) is 16.7 Å². The smallest absolute Gasteiger partial charge is 0.161 e. The van der Waals surface area contributed by atoms with Crippen molar-refractivity contribution in [2.75, 3.05) is 0 Å². The number of thiophene rings is 1. The molecule has 13 rings (SSSR count). The lowest BCUT2D eigenvalue weighted by molar-refractivity contribution is 1.18. The summed E-state index contributed by atoms with van der Waals surface area (Å²) in [5.41, 5.74) is 16.4. The summed E-state index contributed by atoms with van der Waals surface area (Å²) >= 11 is 1.86. The zero-order valence-electron chi connectivity index (χ0n) is 40.2. The molecule has 11 aromatic carbocycles. The summed E-state index contributed by atoms with van der Waals surface area (Å²) in [6.45, 7) is 0. The van der Waals surface area contributed by atoms with Crippen LogP contribution in [0.1, 0.15) is 16.7 Å². The van der Waals surface area contributed by atoms with Crippen LogP contribution < -0.4 is 0 Å². The molecule has 0 aliphatic heterocycles. The minimum absolute atomic E-state index is 0.0995. The van der Waals surface area contributed by atoms with Crippen LogP contribution in [-0.4, -0.2) is 22.5 Å². The Morgan fingerprint density at radius 1 is 0.392 bits per heavy atom. The number of rotatable bonds is 9. The second-order valence-corrected chi connectivity index (χ2v) is 19.6. The van der Waals surface area contributed by atoms with Gasteiger partial charge in [0.1, 0.15) is 0 Å². The summed E-state index contributed by atoms with van der Waals surface area (Å²) in [5.74, 6) is 0.532. The Morgan fingerprint density at radius 2 is 0.878 bits per heavy atom. The van der Waals surface area contributed by atoms with Crippen LogP contribution in [0.3, 0.4) is 0 Å². The monoisotopic (exact) mass is 962 g/mol. The van der Waals surface area contributed by atoms with Gasteiger partial charge in [-0.05, 0) is 98.6 Å². The lowest BCUT2D eigenvalue weighted by Gasteiger charge is -2.21. The Kier molecular flexibility index (Phi) is 11.5. The van der Waals surface area contributed by atoms with Gasteiger partial charge in [0.25, 0.3) is 0 Å². The Balaban J connectivity index is 1.02. The molecule has 74 heavy (non-hydrogen) atoms. The summed E-state index contributed by atoms with van der Waals surface area (Å²) in [6.07, 6.45) is 1.89. The predicted octanol–water partition coefficient (Wildman–Crippen LogP) is 18.4. The van der Waals surface area contributed by atoms with Crippen LogP contribution in [0, 0.1) is 5.41 Å². The van der Waals surface area contributed by atoms with Gasteiger partial charge in [-0.15, -0.1) is 11.3 Å². The molecule has 0 spiro atoms. The van der Waals surface area contributed by atoms with Gasteiger partial charge in [-0.3, -0.25) is 5.41 Å². The number of para-hydroxylation sites is 1. The van der Waals surface area contributed by atoms with Crippen molar-refractivity contribution in [1.29, 1.82) is 5.41 Å². The van der Waals surface area contributed by atoms with E-state index in [2.05, 4.69) is 253 Å². The fourth-order valence-corrected chi connectivity index (χ4v) is 11.7. The molecule has 13 aromatic rings. The van der Waals surface area contributed by atoms with Gasteiger partial charge >= 0.3 is 0 Å². The quantitative estimate of drug-likeness (QED) is 0.111. The predicted molar refractivity (Wildman–Crippen MR) is 315 cm³/mol. The molecule has 2 aromatic heterocycles. The van der Waals surface area contributed by atoms with E-state index in [-0.39, 0.29) is 5.84 Å². The molecule has 0 bridgehead atoms. The Morgan fingerprint density at radius 3 is 1.46 bits per heavy atom. The molecular weight excluding hydrogens is 917 g/mol. The molecule has 0 aliphatic carbocycles. The second-order valence-electron chi connectivity index (χ2n) is 18.5. The highest BCUT2D eigenvalue weighted by Crippen LogP contribution is 2.46. The normalized spacial score (nSPS) is 11.9. The first-order valence-electron chi connectivity index (χ1n) is 24.9. The van der Waals surface area contributed by atoms with Gasteiger partial charge in [0.2, 0.25) is 0 Å². The second kappa shape index (κ2) is 19.2. The molecule has 5 heteroatoms. The van der Waals surface area contributed by atoms with E-state index in [1.165, 1.54) is 30.9 Å². The van der Waals surface area contributed by atoms with Gasteiger partial charge in [-0.1, -0.05) is 218 Å². The third-order valence-corrected chi connectivity index (χ3v) is 15.1. The number of hydrogen-bond donors (Lipinski definition) is 1. The number of aromatic nitrogens is 1. The van der Waals surface area contributed by atoms with E-state index in [1.54, 1.807) is 0 Å². The molecule has 0 atom stereocenters. The molecule has 0 amide bonds. The number of benzene rings is 11. The van der Waals surface area contributed by atoms with E-state index in [9.17, 15) is 5.41 Å². The number of fused-ring (bicyclic) bond motifs is 7. The summed E-state index contributed by atoms with van der Waals surface area (Å²) in [4.78, 5) is 10.4. The molecular formula is C69H46N4S. The van der Waals surface area contributed by atoms with Crippen LogP contribution >= 0.6 is 11.3 Å². The maximum absolute atomic E-state index is 10.1. The van der Waals surface area contributed by atoms with Gasteiger partial charge in [0.15, 0.2) is 11.7 Å². The molecule has 0 fully saturated rings. The summed E-state index contributed by atoms with van der Waals surface area (Å²) in [7, 11) is 0. The van der Waals surface area contributed by atoms with Crippen LogP contribution in [0.25, 0.3) is 103 Å².